The van der Waals surface area contributed by atoms with Crippen molar-refractivity contribution in [1.82, 2.24) is 15.4 Å². The SMILES string of the molecule is CCNC(=NCCCOc1ccccc1)NCCCNS(C)(=O)=O. The first kappa shape index (κ1) is 20.2. The number of hydrogen-bond donors (Lipinski definition) is 3. The highest BCUT2D eigenvalue weighted by Gasteiger charge is 2.00. The average Bonchev–Trinajstić information content (AvgIpc) is 2.54. The molecule has 8 heteroatoms. The van der Waals surface area contributed by atoms with Crippen molar-refractivity contribution in [2.45, 2.75) is 19.8 Å². The van der Waals surface area contributed by atoms with Crippen molar-refractivity contribution in [2.24, 2.45) is 4.99 Å². The van der Waals surface area contributed by atoms with Crippen molar-refractivity contribution < 1.29 is 13.2 Å². The van der Waals surface area contributed by atoms with Gasteiger partial charge in [-0.25, -0.2) is 13.1 Å². The summed E-state index contributed by atoms with van der Waals surface area (Å²) in [5.41, 5.74) is 0. The predicted octanol–water partition coefficient (Wildman–Crippen LogP) is 0.950. The summed E-state index contributed by atoms with van der Waals surface area (Å²) in [7, 11) is -3.12. The lowest BCUT2D eigenvalue weighted by molar-refractivity contribution is 0.313. The van der Waals surface area contributed by atoms with Gasteiger partial charge in [0.2, 0.25) is 10.0 Å². The van der Waals surface area contributed by atoms with Crippen LogP contribution in [-0.4, -0.2) is 53.4 Å². The van der Waals surface area contributed by atoms with E-state index in [0.717, 1.165) is 30.9 Å². The van der Waals surface area contributed by atoms with Gasteiger partial charge in [-0.1, -0.05) is 18.2 Å². The molecule has 0 aliphatic heterocycles. The van der Waals surface area contributed by atoms with Crippen molar-refractivity contribution >= 4 is 16.0 Å². The van der Waals surface area contributed by atoms with Gasteiger partial charge in [0.1, 0.15) is 5.75 Å². The number of nitrogens with zero attached hydrogens (tertiary/aromatic N) is 1. The molecule has 1 aromatic carbocycles. The summed E-state index contributed by atoms with van der Waals surface area (Å²) in [6.45, 7) is 5.11. The molecule has 3 N–H and O–H groups in total. The molecule has 0 fully saturated rings. The van der Waals surface area contributed by atoms with Gasteiger partial charge in [-0.2, -0.15) is 0 Å². The Morgan fingerprint density at radius 1 is 1.12 bits per heavy atom. The summed E-state index contributed by atoms with van der Waals surface area (Å²) in [5.74, 6) is 1.60. The maximum Gasteiger partial charge on any atom is 0.208 e. The standard InChI is InChI=1S/C16H28N4O3S/c1-3-17-16(18-11-7-13-20-24(2,21)22)19-12-8-14-23-15-9-5-4-6-10-15/h4-6,9-10,20H,3,7-8,11-14H2,1-2H3,(H2,17,18,19). The van der Waals surface area contributed by atoms with E-state index in [9.17, 15) is 8.42 Å². The third-order valence-corrected chi connectivity index (χ3v) is 3.67. The van der Waals surface area contributed by atoms with Gasteiger partial charge in [0.25, 0.3) is 0 Å². The number of rotatable bonds is 11. The zero-order chi connectivity index (χ0) is 17.7. The Hall–Kier alpha value is -1.80. The van der Waals surface area contributed by atoms with Gasteiger partial charge in [0.05, 0.1) is 12.9 Å². The molecule has 0 radical (unpaired) electrons. The Morgan fingerprint density at radius 3 is 2.54 bits per heavy atom. The van der Waals surface area contributed by atoms with E-state index in [1.807, 2.05) is 37.3 Å². The van der Waals surface area contributed by atoms with Gasteiger partial charge in [-0.05, 0) is 25.5 Å². The van der Waals surface area contributed by atoms with Crippen LogP contribution in [0.15, 0.2) is 35.3 Å². The van der Waals surface area contributed by atoms with Crippen LogP contribution < -0.4 is 20.1 Å². The Kier molecular flexibility index (Phi) is 9.86. The summed E-state index contributed by atoms with van der Waals surface area (Å²) < 4.78 is 30.0. The van der Waals surface area contributed by atoms with Crippen LogP contribution in [0.2, 0.25) is 0 Å². The van der Waals surface area contributed by atoms with E-state index in [1.54, 1.807) is 0 Å². The maximum atomic E-state index is 11.0. The molecule has 0 saturated carbocycles. The van der Waals surface area contributed by atoms with Crippen LogP contribution in [0, 0.1) is 0 Å². The van der Waals surface area contributed by atoms with E-state index in [1.165, 1.54) is 0 Å². The summed E-state index contributed by atoms with van der Waals surface area (Å²) in [5, 5.41) is 6.34. The van der Waals surface area contributed by atoms with Crippen molar-refractivity contribution in [3.63, 3.8) is 0 Å². The highest BCUT2D eigenvalue weighted by Crippen LogP contribution is 2.08. The van der Waals surface area contributed by atoms with E-state index in [4.69, 9.17) is 4.74 Å². The fourth-order valence-corrected chi connectivity index (χ4v) is 2.37. The summed E-state index contributed by atoms with van der Waals surface area (Å²) in [4.78, 5) is 4.47. The lowest BCUT2D eigenvalue weighted by Gasteiger charge is -2.11. The van der Waals surface area contributed by atoms with Crippen LogP contribution in [0.4, 0.5) is 0 Å². The van der Waals surface area contributed by atoms with E-state index >= 15 is 0 Å². The van der Waals surface area contributed by atoms with Gasteiger partial charge in [0, 0.05) is 32.6 Å². The minimum Gasteiger partial charge on any atom is -0.494 e. The molecule has 0 aromatic heterocycles. The third kappa shape index (κ3) is 10.8. The minimum atomic E-state index is -3.12. The average molecular weight is 356 g/mol. The number of para-hydroxylation sites is 1. The molecular weight excluding hydrogens is 328 g/mol. The van der Waals surface area contributed by atoms with E-state index in [0.29, 0.717) is 32.7 Å². The van der Waals surface area contributed by atoms with Crippen LogP contribution in [-0.2, 0) is 10.0 Å². The highest BCUT2D eigenvalue weighted by atomic mass is 32.2. The lowest BCUT2D eigenvalue weighted by Crippen LogP contribution is -2.38. The van der Waals surface area contributed by atoms with Gasteiger partial charge in [-0.3, -0.25) is 4.99 Å². The monoisotopic (exact) mass is 356 g/mol. The molecule has 0 aliphatic rings. The van der Waals surface area contributed by atoms with Crippen molar-refractivity contribution in [3.05, 3.63) is 30.3 Å². The zero-order valence-electron chi connectivity index (χ0n) is 14.4. The highest BCUT2D eigenvalue weighted by molar-refractivity contribution is 7.88. The molecule has 1 aromatic rings. The summed E-state index contributed by atoms with van der Waals surface area (Å²) in [6.07, 6.45) is 2.67. The lowest BCUT2D eigenvalue weighted by atomic mass is 10.3. The summed E-state index contributed by atoms with van der Waals surface area (Å²) in [6, 6.07) is 9.70. The largest absolute Gasteiger partial charge is 0.494 e. The smallest absolute Gasteiger partial charge is 0.208 e. The topological polar surface area (TPSA) is 91.8 Å². The van der Waals surface area contributed by atoms with Crippen LogP contribution in [0.3, 0.4) is 0 Å². The molecule has 1 rings (SSSR count). The number of nitrogens with one attached hydrogen (secondary N) is 3. The summed E-state index contributed by atoms with van der Waals surface area (Å²) >= 11 is 0. The predicted molar refractivity (Wildman–Crippen MR) is 98.0 cm³/mol. The molecule has 0 atom stereocenters. The van der Waals surface area contributed by atoms with Gasteiger partial charge < -0.3 is 15.4 Å². The second kappa shape index (κ2) is 11.7. The van der Waals surface area contributed by atoms with E-state index in [2.05, 4.69) is 20.3 Å². The zero-order valence-corrected chi connectivity index (χ0v) is 15.2. The fraction of sp³-hybridized carbons (Fsp3) is 0.562. The molecule has 0 spiro atoms. The Morgan fingerprint density at radius 2 is 1.88 bits per heavy atom. The first-order chi connectivity index (χ1) is 11.5. The van der Waals surface area contributed by atoms with Crippen LogP contribution in [0.1, 0.15) is 19.8 Å². The van der Waals surface area contributed by atoms with Crippen LogP contribution in [0.5, 0.6) is 5.75 Å². The molecule has 24 heavy (non-hydrogen) atoms. The Bertz CT molecular complexity index is 576. The second-order valence-electron chi connectivity index (χ2n) is 5.22. The minimum absolute atomic E-state index is 0.413. The molecule has 0 unspecified atom stereocenters. The van der Waals surface area contributed by atoms with Gasteiger partial charge in [-0.15, -0.1) is 0 Å². The van der Waals surface area contributed by atoms with Crippen molar-refractivity contribution in [3.8, 4) is 5.75 Å². The van der Waals surface area contributed by atoms with E-state index in [-0.39, 0.29) is 0 Å². The second-order valence-corrected chi connectivity index (χ2v) is 7.06. The normalized spacial score (nSPS) is 12.0. The number of guanidine groups is 1. The molecule has 0 bridgehead atoms. The Balaban J connectivity index is 2.19. The van der Waals surface area contributed by atoms with Crippen molar-refractivity contribution in [2.75, 3.05) is 39.0 Å². The van der Waals surface area contributed by atoms with Crippen LogP contribution in [0.25, 0.3) is 0 Å². The third-order valence-electron chi connectivity index (χ3n) is 2.94. The van der Waals surface area contributed by atoms with Crippen molar-refractivity contribution in [1.29, 1.82) is 0 Å². The number of benzene rings is 1. The van der Waals surface area contributed by atoms with E-state index < -0.39 is 10.0 Å². The molecule has 0 aliphatic carbocycles. The quantitative estimate of drug-likeness (QED) is 0.312. The first-order valence-corrected chi connectivity index (χ1v) is 10.0. The number of hydrogen-bond acceptors (Lipinski definition) is 4. The first-order valence-electron chi connectivity index (χ1n) is 8.16. The Labute approximate surface area is 145 Å². The van der Waals surface area contributed by atoms with Gasteiger partial charge in [0.15, 0.2) is 5.96 Å². The maximum absolute atomic E-state index is 11.0. The molecule has 0 amide bonds. The number of aliphatic imine (C=N–C) groups is 1. The number of ether oxygens (including phenoxy) is 1. The molecule has 7 nitrogen and oxygen atoms in total. The fourth-order valence-electron chi connectivity index (χ4n) is 1.86. The van der Waals surface area contributed by atoms with Crippen LogP contribution >= 0.6 is 0 Å². The molecular formula is C16H28N4O3S. The molecule has 136 valence electrons. The molecule has 0 heterocycles. The number of sulfonamides is 1. The molecule has 0 saturated heterocycles. The van der Waals surface area contributed by atoms with Gasteiger partial charge >= 0.3 is 0 Å².